The van der Waals surface area contributed by atoms with Gasteiger partial charge in [-0.05, 0) is 13.8 Å². The van der Waals surface area contributed by atoms with Crippen LogP contribution in [0.5, 0.6) is 0 Å². The molecule has 1 aromatic heterocycles. The summed E-state index contributed by atoms with van der Waals surface area (Å²) in [5, 5.41) is 0. The van der Waals surface area contributed by atoms with Gasteiger partial charge in [0.2, 0.25) is 0 Å². The molecule has 16 heavy (non-hydrogen) atoms. The van der Waals surface area contributed by atoms with Gasteiger partial charge in [-0.3, -0.25) is 0 Å². The fourth-order valence-corrected chi connectivity index (χ4v) is 1.20. The summed E-state index contributed by atoms with van der Waals surface area (Å²) in [6.07, 6.45) is -1.80. The average molecular weight is 234 g/mol. The van der Waals surface area contributed by atoms with E-state index in [1.165, 1.54) is 12.4 Å². The fraction of sp³-hybridized carbons (Fsp3) is 0.556. The summed E-state index contributed by atoms with van der Waals surface area (Å²) < 4.78 is 36.9. The summed E-state index contributed by atoms with van der Waals surface area (Å²) in [5.41, 5.74) is 5.32. The Morgan fingerprint density at radius 1 is 1.31 bits per heavy atom. The van der Waals surface area contributed by atoms with Gasteiger partial charge in [-0.1, -0.05) is 0 Å². The lowest BCUT2D eigenvalue weighted by molar-refractivity contribution is -0.120. The lowest BCUT2D eigenvalue weighted by Crippen LogP contribution is -2.39. The Hall–Kier alpha value is -1.53. The Morgan fingerprint density at radius 3 is 2.31 bits per heavy atom. The van der Waals surface area contributed by atoms with E-state index in [0.717, 1.165) is 4.90 Å². The predicted octanol–water partition coefficient (Wildman–Crippen LogP) is 1.84. The van der Waals surface area contributed by atoms with Crippen LogP contribution in [-0.2, 0) is 0 Å². The van der Waals surface area contributed by atoms with E-state index in [0.29, 0.717) is 0 Å². The van der Waals surface area contributed by atoms with Crippen molar-refractivity contribution in [3.8, 4) is 0 Å². The van der Waals surface area contributed by atoms with Gasteiger partial charge in [-0.2, -0.15) is 13.2 Å². The van der Waals surface area contributed by atoms with Crippen molar-refractivity contribution >= 4 is 11.6 Å². The Morgan fingerprint density at radius 2 is 1.94 bits per heavy atom. The third kappa shape index (κ3) is 3.56. The van der Waals surface area contributed by atoms with Crippen LogP contribution in [0, 0.1) is 0 Å². The summed E-state index contributed by atoms with van der Waals surface area (Å²) in [5.74, 6) is 0.348. The molecule has 0 unspecified atom stereocenters. The van der Waals surface area contributed by atoms with Crippen LogP contribution in [0.3, 0.4) is 0 Å². The molecule has 0 saturated heterocycles. The van der Waals surface area contributed by atoms with Gasteiger partial charge in [0.25, 0.3) is 0 Å². The zero-order valence-corrected chi connectivity index (χ0v) is 8.99. The van der Waals surface area contributed by atoms with Crippen molar-refractivity contribution in [1.82, 2.24) is 9.97 Å². The molecular weight excluding hydrogens is 221 g/mol. The molecule has 2 N–H and O–H groups in total. The first-order valence-corrected chi connectivity index (χ1v) is 4.70. The molecule has 0 spiro atoms. The zero-order valence-electron chi connectivity index (χ0n) is 8.99. The van der Waals surface area contributed by atoms with Crippen LogP contribution in [0.15, 0.2) is 12.4 Å². The molecule has 1 heterocycles. The van der Waals surface area contributed by atoms with Gasteiger partial charge in [0, 0.05) is 6.04 Å². The van der Waals surface area contributed by atoms with Crippen LogP contribution in [0.2, 0.25) is 0 Å². The summed E-state index contributed by atoms with van der Waals surface area (Å²) in [7, 11) is 0. The first-order valence-electron chi connectivity index (χ1n) is 4.70. The number of nitrogens with zero attached hydrogens (tertiary/aromatic N) is 3. The molecule has 1 aromatic rings. The second-order valence-corrected chi connectivity index (χ2v) is 3.64. The molecule has 0 fully saturated rings. The number of halogens is 3. The third-order valence-electron chi connectivity index (χ3n) is 1.93. The summed E-state index contributed by atoms with van der Waals surface area (Å²) in [4.78, 5) is 8.66. The number of nitrogen functional groups attached to an aromatic ring is 1. The van der Waals surface area contributed by atoms with Crippen molar-refractivity contribution in [3.05, 3.63) is 12.4 Å². The molecule has 0 amide bonds. The number of alkyl halides is 3. The lowest BCUT2D eigenvalue weighted by Gasteiger charge is -2.28. The van der Waals surface area contributed by atoms with Crippen molar-refractivity contribution < 1.29 is 13.2 Å². The summed E-state index contributed by atoms with van der Waals surface area (Å²) in [6.45, 7) is 2.26. The van der Waals surface area contributed by atoms with E-state index >= 15 is 0 Å². The van der Waals surface area contributed by atoms with E-state index in [1.807, 2.05) is 0 Å². The molecule has 0 aliphatic rings. The maximum Gasteiger partial charge on any atom is 0.405 e. The van der Waals surface area contributed by atoms with Crippen LogP contribution in [0.25, 0.3) is 0 Å². The Kier molecular flexibility index (Phi) is 3.56. The second-order valence-electron chi connectivity index (χ2n) is 3.64. The normalized spacial score (nSPS) is 11.9. The van der Waals surface area contributed by atoms with Gasteiger partial charge in [0.1, 0.15) is 18.2 Å². The highest BCUT2D eigenvalue weighted by Gasteiger charge is 2.32. The molecule has 0 radical (unpaired) electrons. The van der Waals surface area contributed by atoms with E-state index in [1.54, 1.807) is 13.8 Å². The van der Waals surface area contributed by atoms with Crippen molar-refractivity contribution in [1.29, 1.82) is 0 Å². The minimum absolute atomic E-state index is 0.168. The Balaban J connectivity index is 2.90. The minimum atomic E-state index is -4.27. The minimum Gasteiger partial charge on any atom is -0.382 e. The van der Waals surface area contributed by atoms with Crippen LogP contribution in [0.1, 0.15) is 13.8 Å². The number of nitrogens with two attached hydrogens (primary N) is 1. The summed E-state index contributed by atoms with van der Waals surface area (Å²) in [6, 6.07) is -0.320. The van der Waals surface area contributed by atoms with E-state index in [9.17, 15) is 13.2 Å². The molecule has 1 rings (SSSR count). The monoisotopic (exact) mass is 234 g/mol. The van der Waals surface area contributed by atoms with Gasteiger partial charge in [0.05, 0.1) is 12.4 Å². The van der Waals surface area contributed by atoms with Crippen molar-refractivity contribution in [2.24, 2.45) is 0 Å². The highest BCUT2D eigenvalue weighted by molar-refractivity contribution is 5.40. The van der Waals surface area contributed by atoms with Crippen LogP contribution < -0.4 is 10.6 Å². The number of aromatic nitrogens is 2. The van der Waals surface area contributed by atoms with Crippen LogP contribution >= 0.6 is 0 Å². The summed E-state index contributed by atoms with van der Waals surface area (Å²) >= 11 is 0. The predicted molar refractivity (Wildman–Crippen MR) is 55.0 cm³/mol. The van der Waals surface area contributed by atoms with Crippen LogP contribution in [0.4, 0.5) is 24.8 Å². The van der Waals surface area contributed by atoms with Crippen LogP contribution in [-0.4, -0.2) is 28.7 Å². The third-order valence-corrected chi connectivity index (χ3v) is 1.93. The molecule has 0 saturated carbocycles. The van der Waals surface area contributed by atoms with E-state index in [-0.39, 0.29) is 17.7 Å². The molecule has 7 heteroatoms. The SMILES string of the molecule is CC(C)N(CC(F)(F)F)c1cnc(N)cn1. The highest BCUT2D eigenvalue weighted by Crippen LogP contribution is 2.22. The fourth-order valence-electron chi connectivity index (χ4n) is 1.20. The second kappa shape index (κ2) is 4.54. The average Bonchev–Trinajstić information content (AvgIpc) is 2.14. The molecule has 0 atom stereocenters. The largest absolute Gasteiger partial charge is 0.405 e. The quantitative estimate of drug-likeness (QED) is 0.866. The van der Waals surface area contributed by atoms with Gasteiger partial charge in [-0.15, -0.1) is 0 Å². The Bertz CT molecular complexity index is 334. The highest BCUT2D eigenvalue weighted by atomic mass is 19.4. The molecule has 0 aromatic carbocycles. The van der Waals surface area contributed by atoms with Gasteiger partial charge in [-0.25, -0.2) is 9.97 Å². The molecule has 4 nitrogen and oxygen atoms in total. The molecule has 90 valence electrons. The molecule has 0 aliphatic carbocycles. The smallest absolute Gasteiger partial charge is 0.382 e. The van der Waals surface area contributed by atoms with Gasteiger partial charge in [0.15, 0.2) is 0 Å². The first kappa shape index (κ1) is 12.5. The maximum absolute atomic E-state index is 12.3. The van der Waals surface area contributed by atoms with Gasteiger partial charge < -0.3 is 10.6 Å². The zero-order chi connectivity index (χ0) is 12.3. The molecular formula is C9H13F3N4. The standard InChI is InChI=1S/C9H13F3N4/c1-6(2)16(5-9(10,11)12)8-4-14-7(13)3-15-8/h3-4,6H,5H2,1-2H3,(H2,13,14). The lowest BCUT2D eigenvalue weighted by atomic mass is 10.3. The number of rotatable bonds is 3. The molecule has 0 aliphatic heterocycles. The number of anilines is 2. The number of hydrogen-bond acceptors (Lipinski definition) is 4. The van der Waals surface area contributed by atoms with Crippen molar-refractivity contribution in [2.45, 2.75) is 26.1 Å². The van der Waals surface area contributed by atoms with E-state index < -0.39 is 12.7 Å². The van der Waals surface area contributed by atoms with Crippen molar-refractivity contribution in [3.63, 3.8) is 0 Å². The first-order chi connectivity index (χ1) is 7.29. The topological polar surface area (TPSA) is 55.0 Å². The van der Waals surface area contributed by atoms with Gasteiger partial charge >= 0.3 is 6.18 Å². The van der Waals surface area contributed by atoms with E-state index in [2.05, 4.69) is 9.97 Å². The van der Waals surface area contributed by atoms with Crippen molar-refractivity contribution in [2.75, 3.05) is 17.2 Å². The maximum atomic E-state index is 12.3. The number of hydrogen-bond donors (Lipinski definition) is 1. The van der Waals surface area contributed by atoms with E-state index in [4.69, 9.17) is 5.73 Å². The molecule has 0 bridgehead atoms. The Labute approximate surface area is 91.3 Å².